The van der Waals surface area contributed by atoms with E-state index in [1.807, 2.05) is 12.1 Å². The Morgan fingerprint density at radius 3 is 2.46 bits per heavy atom. The van der Waals surface area contributed by atoms with Crippen LogP contribution in [0.3, 0.4) is 0 Å². The molecular formula is C21H28N2O5. The van der Waals surface area contributed by atoms with Crippen LogP contribution in [-0.4, -0.2) is 59.1 Å². The number of carboxylic acids is 1. The first-order valence-electron chi connectivity index (χ1n) is 9.95. The number of ether oxygens (including phenoxy) is 1. The molecule has 7 nitrogen and oxygen atoms in total. The van der Waals surface area contributed by atoms with E-state index in [-0.39, 0.29) is 24.4 Å². The van der Waals surface area contributed by atoms with Gasteiger partial charge in [0.15, 0.2) is 0 Å². The summed E-state index contributed by atoms with van der Waals surface area (Å²) in [5.41, 5.74) is 2.43. The summed E-state index contributed by atoms with van der Waals surface area (Å²) in [4.78, 5) is 38.3. The zero-order chi connectivity index (χ0) is 20.3. The maximum atomic E-state index is 12.9. The van der Waals surface area contributed by atoms with Crippen molar-refractivity contribution in [1.29, 1.82) is 0 Å². The first kappa shape index (κ1) is 20.3. The third-order valence-corrected chi connectivity index (χ3v) is 5.72. The lowest BCUT2D eigenvalue weighted by molar-refractivity contribution is -0.151. The van der Waals surface area contributed by atoms with Gasteiger partial charge in [-0.3, -0.25) is 14.9 Å². The molecule has 1 aliphatic heterocycles. The Labute approximate surface area is 165 Å². The number of aliphatic carboxylic acids is 1. The molecule has 0 aromatic heterocycles. The lowest BCUT2D eigenvalue weighted by atomic mass is 9.95. The first-order chi connectivity index (χ1) is 13.4. The topological polar surface area (TPSA) is 95.9 Å². The predicted octanol–water partition coefficient (Wildman–Crippen LogP) is 1.39. The number of hydrogen-bond donors (Lipinski definition) is 2. The van der Waals surface area contributed by atoms with Gasteiger partial charge in [0, 0.05) is 6.54 Å². The molecule has 3 atom stereocenters. The van der Waals surface area contributed by atoms with E-state index in [1.54, 1.807) is 13.8 Å². The number of carbonyl (C=O) groups is 3. The summed E-state index contributed by atoms with van der Waals surface area (Å²) in [6.45, 7) is 4.15. The number of carboxylic acid groups (broad SMARTS) is 1. The van der Waals surface area contributed by atoms with Crippen LogP contribution in [0.15, 0.2) is 24.3 Å². The monoisotopic (exact) mass is 388 g/mol. The molecule has 1 saturated heterocycles. The maximum Gasteiger partial charge on any atom is 0.326 e. The first-order valence-corrected chi connectivity index (χ1v) is 9.95. The lowest BCUT2D eigenvalue weighted by Crippen LogP contribution is -2.55. The number of hydrogen-bond acceptors (Lipinski definition) is 5. The van der Waals surface area contributed by atoms with Crippen molar-refractivity contribution in [2.45, 2.75) is 57.7 Å². The Balaban J connectivity index is 1.72. The van der Waals surface area contributed by atoms with Crippen molar-refractivity contribution in [1.82, 2.24) is 10.2 Å². The van der Waals surface area contributed by atoms with Gasteiger partial charge < -0.3 is 14.7 Å². The van der Waals surface area contributed by atoms with Crippen LogP contribution in [0.1, 0.15) is 37.8 Å². The molecule has 1 amide bonds. The summed E-state index contributed by atoms with van der Waals surface area (Å²) in [7, 11) is 0. The van der Waals surface area contributed by atoms with Gasteiger partial charge in [-0.15, -0.1) is 0 Å². The lowest BCUT2D eigenvalue weighted by Gasteiger charge is -2.30. The van der Waals surface area contributed by atoms with E-state index in [1.165, 1.54) is 16.0 Å². The standard InChI is InChI=1S/C21H28N2O5/c1-3-28-21(27)18(16-11-14-7-4-5-8-15(14)12-16)22-13(2)19(24)23-10-6-9-17(23)20(25)26/h4-5,7-8,13,16-18,22H,3,6,9-12H2,1-2H3,(H,25,26). The molecule has 1 aliphatic carbocycles. The third kappa shape index (κ3) is 4.19. The molecule has 3 rings (SSSR count). The molecule has 28 heavy (non-hydrogen) atoms. The minimum Gasteiger partial charge on any atom is -0.480 e. The van der Waals surface area contributed by atoms with Crippen LogP contribution in [0, 0.1) is 5.92 Å². The molecule has 7 heteroatoms. The van der Waals surface area contributed by atoms with Crippen molar-refractivity contribution < 1.29 is 24.2 Å². The molecule has 2 aliphatic rings. The fraction of sp³-hybridized carbons (Fsp3) is 0.571. The molecule has 1 heterocycles. The fourth-order valence-corrected chi connectivity index (χ4v) is 4.33. The molecule has 2 N–H and O–H groups in total. The molecule has 0 spiro atoms. The minimum absolute atomic E-state index is 0.000508. The Morgan fingerprint density at radius 2 is 1.89 bits per heavy atom. The van der Waals surface area contributed by atoms with Gasteiger partial charge in [0.1, 0.15) is 12.1 Å². The second-order valence-electron chi connectivity index (χ2n) is 7.58. The summed E-state index contributed by atoms with van der Waals surface area (Å²) in [6, 6.07) is 6.03. The highest BCUT2D eigenvalue weighted by Gasteiger charge is 2.39. The zero-order valence-electron chi connectivity index (χ0n) is 16.4. The van der Waals surface area contributed by atoms with E-state index >= 15 is 0 Å². The number of likely N-dealkylation sites (tertiary alicyclic amines) is 1. The highest BCUT2D eigenvalue weighted by Crippen LogP contribution is 2.29. The molecule has 3 unspecified atom stereocenters. The molecule has 0 saturated carbocycles. The molecule has 0 radical (unpaired) electrons. The van der Waals surface area contributed by atoms with Crippen LogP contribution in [0.5, 0.6) is 0 Å². The smallest absolute Gasteiger partial charge is 0.326 e. The Hall–Kier alpha value is -2.41. The van der Waals surface area contributed by atoms with Crippen molar-refractivity contribution in [2.75, 3.05) is 13.2 Å². The Bertz CT molecular complexity index is 725. The SMILES string of the molecule is CCOC(=O)C(NC(C)C(=O)N1CCCC1C(=O)O)C1Cc2ccccc2C1. The molecule has 1 fully saturated rings. The van der Waals surface area contributed by atoms with Gasteiger partial charge in [0.25, 0.3) is 0 Å². The number of amides is 1. The summed E-state index contributed by atoms with van der Waals surface area (Å²) in [5, 5.41) is 12.5. The number of rotatable bonds is 7. The van der Waals surface area contributed by atoms with Gasteiger partial charge in [-0.1, -0.05) is 24.3 Å². The average Bonchev–Trinajstić information content (AvgIpc) is 3.32. The predicted molar refractivity (Wildman–Crippen MR) is 103 cm³/mol. The van der Waals surface area contributed by atoms with Crippen LogP contribution < -0.4 is 5.32 Å². The summed E-state index contributed by atoms with van der Waals surface area (Å²) >= 11 is 0. The van der Waals surface area contributed by atoms with Crippen LogP contribution >= 0.6 is 0 Å². The summed E-state index contributed by atoms with van der Waals surface area (Å²) < 4.78 is 5.26. The molecule has 1 aromatic rings. The number of fused-ring (bicyclic) bond motifs is 1. The highest BCUT2D eigenvalue weighted by atomic mass is 16.5. The zero-order valence-corrected chi connectivity index (χ0v) is 16.4. The van der Waals surface area contributed by atoms with E-state index in [0.717, 1.165) is 12.8 Å². The maximum absolute atomic E-state index is 12.9. The second kappa shape index (κ2) is 8.73. The number of esters is 1. The molecule has 1 aromatic carbocycles. The molecular weight excluding hydrogens is 360 g/mol. The summed E-state index contributed by atoms with van der Waals surface area (Å²) in [5.74, 6) is -1.63. The van der Waals surface area contributed by atoms with E-state index < -0.39 is 24.1 Å². The largest absolute Gasteiger partial charge is 0.480 e. The van der Waals surface area contributed by atoms with Gasteiger partial charge >= 0.3 is 11.9 Å². The highest BCUT2D eigenvalue weighted by molar-refractivity contribution is 5.88. The summed E-state index contributed by atoms with van der Waals surface area (Å²) in [6.07, 6.45) is 2.63. The number of benzene rings is 1. The number of nitrogens with zero attached hydrogens (tertiary/aromatic N) is 1. The Kier molecular flexibility index (Phi) is 6.34. The van der Waals surface area contributed by atoms with Crippen LogP contribution in [0.25, 0.3) is 0 Å². The van der Waals surface area contributed by atoms with Crippen molar-refractivity contribution in [2.24, 2.45) is 5.92 Å². The van der Waals surface area contributed by atoms with Crippen molar-refractivity contribution >= 4 is 17.8 Å². The van der Waals surface area contributed by atoms with Crippen molar-refractivity contribution in [3.8, 4) is 0 Å². The second-order valence-corrected chi connectivity index (χ2v) is 7.58. The van der Waals surface area contributed by atoms with Gasteiger partial charge in [-0.25, -0.2) is 4.79 Å². The third-order valence-electron chi connectivity index (χ3n) is 5.72. The minimum atomic E-state index is -0.980. The van der Waals surface area contributed by atoms with Gasteiger partial charge in [-0.2, -0.15) is 0 Å². The van der Waals surface area contributed by atoms with Gasteiger partial charge in [0.05, 0.1) is 12.6 Å². The van der Waals surface area contributed by atoms with Crippen molar-refractivity contribution in [3.05, 3.63) is 35.4 Å². The molecule has 152 valence electrons. The fourth-order valence-electron chi connectivity index (χ4n) is 4.33. The van der Waals surface area contributed by atoms with E-state index in [9.17, 15) is 19.5 Å². The average molecular weight is 388 g/mol. The Morgan fingerprint density at radius 1 is 1.25 bits per heavy atom. The normalized spacial score (nSPS) is 21.2. The van der Waals surface area contributed by atoms with Crippen LogP contribution in [0.2, 0.25) is 0 Å². The van der Waals surface area contributed by atoms with Crippen molar-refractivity contribution in [3.63, 3.8) is 0 Å². The van der Waals surface area contributed by atoms with Crippen LogP contribution in [-0.2, 0) is 32.0 Å². The van der Waals surface area contributed by atoms with Gasteiger partial charge in [0.2, 0.25) is 5.91 Å². The van der Waals surface area contributed by atoms with E-state index in [4.69, 9.17) is 4.74 Å². The van der Waals surface area contributed by atoms with Gasteiger partial charge in [-0.05, 0) is 56.6 Å². The van der Waals surface area contributed by atoms with E-state index in [0.29, 0.717) is 19.4 Å². The quantitative estimate of drug-likeness (QED) is 0.686. The number of nitrogens with one attached hydrogen (secondary N) is 1. The number of carbonyl (C=O) groups excluding carboxylic acids is 2. The van der Waals surface area contributed by atoms with Crippen LogP contribution in [0.4, 0.5) is 0 Å². The van der Waals surface area contributed by atoms with E-state index in [2.05, 4.69) is 17.4 Å². The molecule has 0 bridgehead atoms.